The number of anilines is 1. The van der Waals surface area contributed by atoms with E-state index in [1.54, 1.807) is 7.11 Å². The van der Waals surface area contributed by atoms with E-state index in [1.807, 2.05) is 29.9 Å². The number of hydrogen-bond acceptors (Lipinski definition) is 4. The predicted octanol–water partition coefficient (Wildman–Crippen LogP) is 2.07. The van der Waals surface area contributed by atoms with Gasteiger partial charge in [0.25, 0.3) is 0 Å². The zero-order chi connectivity index (χ0) is 14.1. The Morgan fingerprint density at radius 2 is 2.15 bits per heavy atom. The van der Waals surface area contributed by atoms with Crippen LogP contribution in [0.3, 0.4) is 0 Å². The highest BCUT2D eigenvalue weighted by Crippen LogP contribution is 2.38. The molecule has 3 rings (SSSR count). The first kappa shape index (κ1) is 13.0. The smallest absolute Gasteiger partial charge is 0.154 e. The highest BCUT2D eigenvalue weighted by molar-refractivity contribution is 5.54. The van der Waals surface area contributed by atoms with Crippen molar-refractivity contribution in [3.8, 4) is 5.75 Å². The van der Waals surface area contributed by atoms with Gasteiger partial charge in [0.1, 0.15) is 11.6 Å². The highest BCUT2D eigenvalue weighted by atomic mass is 16.5. The lowest BCUT2D eigenvalue weighted by Crippen LogP contribution is -2.02. The molecule has 0 unspecified atom stereocenters. The molecule has 0 spiro atoms. The molecule has 2 aromatic rings. The van der Waals surface area contributed by atoms with Crippen LogP contribution in [0.2, 0.25) is 0 Å². The van der Waals surface area contributed by atoms with Crippen molar-refractivity contribution in [1.29, 1.82) is 0 Å². The van der Waals surface area contributed by atoms with E-state index < -0.39 is 0 Å². The summed E-state index contributed by atoms with van der Waals surface area (Å²) in [6.07, 6.45) is 4.25. The molecule has 1 fully saturated rings. The molecule has 20 heavy (non-hydrogen) atoms. The molecule has 0 aliphatic heterocycles. The monoisotopic (exact) mass is 272 g/mol. The maximum Gasteiger partial charge on any atom is 0.154 e. The quantitative estimate of drug-likeness (QED) is 0.846. The van der Waals surface area contributed by atoms with E-state index >= 15 is 0 Å². The van der Waals surface area contributed by atoms with E-state index in [0.29, 0.717) is 11.6 Å². The first-order valence-corrected chi connectivity index (χ1v) is 6.99. The van der Waals surface area contributed by atoms with Gasteiger partial charge in [0, 0.05) is 19.4 Å². The third-order valence-electron chi connectivity index (χ3n) is 3.74. The molecule has 1 aromatic carbocycles. The molecule has 2 N–H and O–H groups in total. The molecule has 1 saturated carbocycles. The molecule has 5 nitrogen and oxygen atoms in total. The number of ether oxygens (including phenoxy) is 1. The van der Waals surface area contributed by atoms with Gasteiger partial charge in [0.2, 0.25) is 0 Å². The lowest BCUT2D eigenvalue weighted by atomic mass is 10.1. The van der Waals surface area contributed by atoms with Crippen LogP contribution in [0.15, 0.2) is 18.2 Å². The van der Waals surface area contributed by atoms with E-state index in [2.05, 4.69) is 10.1 Å². The molecule has 0 amide bonds. The molecule has 1 aliphatic rings. The van der Waals surface area contributed by atoms with Gasteiger partial charge in [-0.05, 0) is 37.0 Å². The van der Waals surface area contributed by atoms with Crippen LogP contribution < -0.4 is 10.5 Å². The molecule has 0 saturated heterocycles. The van der Waals surface area contributed by atoms with Gasteiger partial charge in [0.15, 0.2) is 5.82 Å². The van der Waals surface area contributed by atoms with E-state index in [-0.39, 0.29) is 0 Å². The summed E-state index contributed by atoms with van der Waals surface area (Å²) in [7, 11) is 3.60. The lowest BCUT2D eigenvalue weighted by molar-refractivity contribution is 0.417. The Morgan fingerprint density at radius 1 is 1.35 bits per heavy atom. The summed E-state index contributed by atoms with van der Waals surface area (Å²) < 4.78 is 7.07. The fraction of sp³-hybridized carbons (Fsp3) is 0.467. The fourth-order valence-electron chi connectivity index (χ4n) is 2.37. The van der Waals surface area contributed by atoms with Gasteiger partial charge in [-0.15, -0.1) is 0 Å². The summed E-state index contributed by atoms with van der Waals surface area (Å²) in [6.45, 7) is 0. The Balaban J connectivity index is 1.68. The molecule has 0 radical (unpaired) electrons. The minimum atomic E-state index is 0.603. The van der Waals surface area contributed by atoms with Crippen molar-refractivity contribution < 1.29 is 4.74 Å². The number of nitrogens with zero attached hydrogens (tertiary/aromatic N) is 3. The number of methoxy groups -OCH3 is 1. The minimum Gasteiger partial charge on any atom is -0.495 e. The number of hydrogen-bond donors (Lipinski definition) is 1. The lowest BCUT2D eigenvalue weighted by Gasteiger charge is -2.07. The van der Waals surface area contributed by atoms with Crippen LogP contribution in [-0.2, 0) is 19.9 Å². The number of aromatic nitrogens is 3. The Bertz CT molecular complexity index is 616. The van der Waals surface area contributed by atoms with Crippen molar-refractivity contribution in [2.24, 2.45) is 7.05 Å². The first-order chi connectivity index (χ1) is 9.67. The molecule has 0 atom stereocenters. The summed E-state index contributed by atoms with van der Waals surface area (Å²) in [5, 5.41) is 4.49. The Morgan fingerprint density at radius 3 is 2.80 bits per heavy atom. The number of nitrogens with two attached hydrogens (primary N) is 1. The second-order valence-electron chi connectivity index (χ2n) is 5.36. The van der Waals surface area contributed by atoms with Crippen LogP contribution in [-0.4, -0.2) is 21.9 Å². The van der Waals surface area contributed by atoms with Crippen LogP contribution in [0.1, 0.15) is 36.0 Å². The van der Waals surface area contributed by atoms with E-state index in [1.165, 1.54) is 18.4 Å². The van der Waals surface area contributed by atoms with Crippen molar-refractivity contribution in [1.82, 2.24) is 14.8 Å². The second-order valence-corrected chi connectivity index (χ2v) is 5.36. The molecule has 1 heterocycles. The van der Waals surface area contributed by atoms with E-state index in [4.69, 9.17) is 10.5 Å². The summed E-state index contributed by atoms with van der Waals surface area (Å²) >= 11 is 0. The van der Waals surface area contributed by atoms with E-state index in [0.717, 1.165) is 30.2 Å². The maximum absolute atomic E-state index is 5.92. The van der Waals surface area contributed by atoms with Gasteiger partial charge in [-0.1, -0.05) is 6.07 Å². The standard InChI is InChI=1S/C15H20N4O/c1-19-14(17-15(18-19)11-5-6-11)8-4-10-3-7-13(20-2)12(16)9-10/h3,7,9,11H,4-6,8,16H2,1-2H3. The predicted molar refractivity (Wildman–Crippen MR) is 77.8 cm³/mol. The zero-order valence-corrected chi connectivity index (χ0v) is 12.0. The van der Waals surface area contributed by atoms with Crippen molar-refractivity contribution >= 4 is 5.69 Å². The van der Waals surface area contributed by atoms with Crippen molar-refractivity contribution in [3.63, 3.8) is 0 Å². The molecule has 1 aromatic heterocycles. The molecule has 1 aliphatic carbocycles. The molecule has 0 bridgehead atoms. The van der Waals surface area contributed by atoms with Gasteiger partial charge >= 0.3 is 0 Å². The first-order valence-electron chi connectivity index (χ1n) is 6.99. The van der Waals surface area contributed by atoms with Gasteiger partial charge in [-0.3, -0.25) is 4.68 Å². The number of rotatable bonds is 5. The van der Waals surface area contributed by atoms with Gasteiger partial charge in [0.05, 0.1) is 12.8 Å². The minimum absolute atomic E-state index is 0.603. The number of nitrogen functional groups attached to an aromatic ring is 1. The van der Waals surface area contributed by atoms with Crippen LogP contribution in [0, 0.1) is 0 Å². The molecular weight excluding hydrogens is 252 g/mol. The summed E-state index contributed by atoms with van der Waals surface area (Å²) in [5.41, 5.74) is 7.80. The highest BCUT2D eigenvalue weighted by Gasteiger charge is 2.28. The zero-order valence-electron chi connectivity index (χ0n) is 12.0. The number of aryl methyl sites for hydroxylation is 3. The van der Waals surface area contributed by atoms with Gasteiger partial charge in [-0.25, -0.2) is 4.98 Å². The van der Waals surface area contributed by atoms with Gasteiger partial charge < -0.3 is 10.5 Å². The molecule has 106 valence electrons. The van der Waals surface area contributed by atoms with E-state index in [9.17, 15) is 0 Å². The van der Waals surface area contributed by atoms with Crippen LogP contribution in [0.4, 0.5) is 5.69 Å². The van der Waals surface area contributed by atoms with Gasteiger partial charge in [-0.2, -0.15) is 5.10 Å². The largest absolute Gasteiger partial charge is 0.495 e. The summed E-state index contributed by atoms with van der Waals surface area (Å²) in [5.74, 6) is 3.38. The maximum atomic E-state index is 5.92. The summed E-state index contributed by atoms with van der Waals surface area (Å²) in [4.78, 5) is 4.64. The van der Waals surface area contributed by atoms with Crippen molar-refractivity contribution in [2.45, 2.75) is 31.6 Å². The third-order valence-corrected chi connectivity index (χ3v) is 3.74. The molecular formula is C15H20N4O. The third kappa shape index (κ3) is 2.61. The van der Waals surface area contributed by atoms with Crippen LogP contribution >= 0.6 is 0 Å². The van der Waals surface area contributed by atoms with Crippen LogP contribution in [0.25, 0.3) is 0 Å². The second kappa shape index (κ2) is 5.15. The normalized spacial score (nSPS) is 14.5. The van der Waals surface area contributed by atoms with Crippen LogP contribution in [0.5, 0.6) is 5.75 Å². The summed E-state index contributed by atoms with van der Waals surface area (Å²) in [6, 6.07) is 5.93. The SMILES string of the molecule is COc1ccc(CCc2nc(C3CC3)nn2C)cc1N. The Hall–Kier alpha value is -2.04. The average molecular weight is 272 g/mol. The number of benzene rings is 1. The average Bonchev–Trinajstić information content (AvgIpc) is 3.21. The van der Waals surface area contributed by atoms with Crippen molar-refractivity contribution in [3.05, 3.63) is 35.4 Å². The molecule has 5 heteroatoms. The fourth-order valence-corrected chi connectivity index (χ4v) is 2.37. The Kier molecular flexibility index (Phi) is 3.34. The topological polar surface area (TPSA) is 66.0 Å². The van der Waals surface area contributed by atoms with Crippen molar-refractivity contribution in [2.75, 3.05) is 12.8 Å². The Labute approximate surface area is 118 Å².